The van der Waals surface area contributed by atoms with Gasteiger partial charge in [-0.15, -0.1) is 0 Å². The molecule has 126 valence electrons. The molecule has 3 nitrogen and oxygen atoms in total. The molecule has 26 heavy (non-hydrogen) atoms. The molecule has 0 radical (unpaired) electrons. The summed E-state index contributed by atoms with van der Waals surface area (Å²) in [5.41, 5.74) is 3.68. The van der Waals surface area contributed by atoms with Gasteiger partial charge in [0.05, 0.1) is 18.7 Å². The summed E-state index contributed by atoms with van der Waals surface area (Å²) in [7, 11) is 1.61. The summed E-state index contributed by atoms with van der Waals surface area (Å²) in [5, 5.41) is 9.28. The van der Waals surface area contributed by atoms with E-state index in [1.54, 1.807) is 25.3 Å². The first-order valence-corrected chi connectivity index (χ1v) is 8.16. The Morgan fingerprint density at radius 2 is 1.69 bits per heavy atom. The fourth-order valence-electron chi connectivity index (χ4n) is 2.61. The highest BCUT2D eigenvalue weighted by atomic mass is 16.5. The molecule has 0 atom stereocenters. The molecule has 0 N–H and O–H groups in total. The highest BCUT2D eigenvalue weighted by Crippen LogP contribution is 2.23. The molecule has 0 aromatic heterocycles. The van der Waals surface area contributed by atoms with E-state index in [4.69, 9.17) is 4.74 Å². The van der Waals surface area contributed by atoms with Crippen LogP contribution in [0.5, 0.6) is 5.75 Å². The second-order valence-electron chi connectivity index (χ2n) is 5.75. The molecule has 0 aliphatic carbocycles. The van der Waals surface area contributed by atoms with Gasteiger partial charge in [-0.25, -0.2) is 0 Å². The van der Waals surface area contributed by atoms with E-state index >= 15 is 0 Å². The number of nitrogens with zero attached hydrogens (tertiary/aromatic N) is 1. The van der Waals surface area contributed by atoms with Crippen molar-refractivity contribution in [2.24, 2.45) is 0 Å². The van der Waals surface area contributed by atoms with Gasteiger partial charge in [0.2, 0.25) is 0 Å². The first-order chi connectivity index (χ1) is 12.7. The van der Waals surface area contributed by atoms with E-state index in [2.05, 4.69) is 6.07 Å². The van der Waals surface area contributed by atoms with Crippen LogP contribution in [-0.2, 0) is 0 Å². The molecule has 0 aliphatic heterocycles. The monoisotopic (exact) mass is 339 g/mol. The Bertz CT molecular complexity index is 981. The van der Waals surface area contributed by atoms with Crippen molar-refractivity contribution in [3.05, 3.63) is 95.6 Å². The van der Waals surface area contributed by atoms with Crippen LogP contribution in [0.1, 0.15) is 21.5 Å². The number of benzene rings is 3. The van der Waals surface area contributed by atoms with Gasteiger partial charge in [0.25, 0.3) is 0 Å². The number of hydrogen-bond acceptors (Lipinski definition) is 3. The highest BCUT2D eigenvalue weighted by molar-refractivity contribution is 6.07. The lowest BCUT2D eigenvalue weighted by molar-refractivity contribution is 0.104. The third-order valence-electron chi connectivity index (χ3n) is 4.00. The minimum absolute atomic E-state index is 0.143. The van der Waals surface area contributed by atoms with E-state index in [1.807, 2.05) is 60.7 Å². The van der Waals surface area contributed by atoms with Crippen molar-refractivity contribution in [3.8, 4) is 22.9 Å². The number of ether oxygens (including phenoxy) is 1. The SMILES string of the molecule is COc1ccc(/C=C/C(=O)c2cc(C#N)cc(-c3ccccc3)c2)cc1. The predicted octanol–water partition coefficient (Wildman–Crippen LogP) is 5.13. The maximum absolute atomic E-state index is 12.6. The molecule has 3 aromatic carbocycles. The number of hydrogen-bond donors (Lipinski definition) is 0. The van der Waals surface area contributed by atoms with Gasteiger partial charge < -0.3 is 4.74 Å². The number of methoxy groups -OCH3 is 1. The molecule has 0 spiro atoms. The second-order valence-corrected chi connectivity index (χ2v) is 5.75. The zero-order chi connectivity index (χ0) is 18.4. The summed E-state index contributed by atoms with van der Waals surface area (Å²) in [6, 6.07) is 24.5. The van der Waals surface area contributed by atoms with Crippen LogP contribution in [0.25, 0.3) is 17.2 Å². The maximum Gasteiger partial charge on any atom is 0.185 e. The Labute approximate surface area is 152 Å². The van der Waals surface area contributed by atoms with Crippen molar-refractivity contribution in [3.63, 3.8) is 0 Å². The van der Waals surface area contributed by atoms with E-state index in [-0.39, 0.29) is 5.78 Å². The molecule has 0 heterocycles. The van der Waals surface area contributed by atoms with Crippen LogP contribution in [-0.4, -0.2) is 12.9 Å². The Morgan fingerprint density at radius 3 is 2.35 bits per heavy atom. The molecule has 0 fully saturated rings. The summed E-state index contributed by atoms with van der Waals surface area (Å²) in [6.45, 7) is 0. The van der Waals surface area contributed by atoms with Crippen molar-refractivity contribution >= 4 is 11.9 Å². The second kappa shape index (κ2) is 7.96. The molecule has 0 saturated heterocycles. The number of rotatable bonds is 5. The lowest BCUT2D eigenvalue weighted by Crippen LogP contribution is -1.96. The van der Waals surface area contributed by atoms with Crippen molar-refractivity contribution in [1.29, 1.82) is 5.26 Å². The van der Waals surface area contributed by atoms with E-state index in [0.29, 0.717) is 11.1 Å². The quantitative estimate of drug-likeness (QED) is 0.478. The van der Waals surface area contributed by atoms with E-state index in [9.17, 15) is 10.1 Å². The number of carbonyl (C=O) groups is 1. The fraction of sp³-hybridized carbons (Fsp3) is 0.0435. The maximum atomic E-state index is 12.6. The number of ketones is 1. The topological polar surface area (TPSA) is 50.1 Å². The normalized spacial score (nSPS) is 10.5. The Kier molecular flexibility index (Phi) is 5.26. The molecule has 3 aromatic rings. The van der Waals surface area contributed by atoms with Gasteiger partial charge in [-0.3, -0.25) is 4.79 Å². The van der Waals surface area contributed by atoms with Crippen LogP contribution in [0.3, 0.4) is 0 Å². The Morgan fingerprint density at radius 1 is 0.962 bits per heavy atom. The van der Waals surface area contributed by atoms with Crippen molar-refractivity contribution in [2.75, 3.05) is 7.11 Å². The molecule has 3 heteroatoms. The smallest absolute Gasteiger partial charge is 0.185 e. The van der Waals surface area contributed by atoms with Gasteiger partial charge in [-0.1, -0.05) is 48.5 Å². The molecule has 0 unspecified atom stereocenters. The van der Waals surface area contributed by atoms with Gasteiger partial charge in [0.1, 0.15) is 5.75 Å². The minimum Gasteiger partial charge on any atom is -0.497 e. The van der Waals surface area contributed by atoms with Crippen LogP contribution in [0.15, 0.2) is 78.9 Å². The van der Waals surface area contributed by atoms with Crippen LogP contribution >= 0.6 is 0 Å². The zero-order valence-electron chi connectivity index (χ0n) is 14.3. The number of carbonyl (C=O) groups excluding carboxylic acids is 1. The molecule has 0 amide bonds. The van der Waals surface area contributed by atoms with Crippen molar-refractivity contribution in [1.82, 2.24) is 0 Å². The predicted molar refractivity (Wildman–Crippen MR) is 103 cm³/mol. The van der Waals surface area contributed by atoms with E-state index in [1.165, 1.54) is 6.08 Å². The molecular weight excluding hydrogens is 322 g/mol. The van der Waals surface area contributed by atoms with Crippen LogP contribution < -0.4 is 4.74 Å². The molecular formula is C23H17NO2. The van der Waals surface area contributed by atoms with E-state index in [0.717, 1.165) is 22.4 Å². The molecule has 0 aliphatic rings. The van der Waals surface area contributed by atoms with Crippen LogP contribution in [0.4, 0.5) is 0 Å². The van der Waals surface area contributed by atoms with Gasteiger partial charge in [-0.2, -0.15) is 5.26 Å². The minimum atomic E-state index is -0.143. The first kappa shape index (κ1) is 17.2. The van der Waals surface area contributed by atoms with Gasteiger partial charge in [0.15, 0.2) is 5.78 Å². The Hall–Kier alpha value is -3.64. The van der Waals surface area contributed by atoms with Gasteiger partial charge in [0, 0.05) is 5.56 Å². The van der Waals surface area contributed by atoms with Crippen LogP contribution in [0.2, 0.25) is 0 Å². The third kappa shape index (κ3) is 4.06. The zero-order valence-corrected chi connectivity index (χ0v) is 14.3. The largest absolute Gasteiger partial charge is 0.497 e. The van der Waals surface area contributed by atoms with Crippen LogP contribution in [0, 0.1) is 11.3 Å². The van der Waals surface area contributed by atoms with Gasteiger partial charge in [-0.05, 0) is 53.1 Å². The number of nitriles is 1. The van der Waals surface area contributed by atoms with Crippen molar-refractivity contribution < 1.29 is 9.53 Å². The molecule has 0 bridgehead atoms. The first-order valence-electron chi connectivity index (χ1n) is 8.16. The standard InChI is InChI=1S/C23H17NO2/c1-26-22-10-7-17(8-11-22)9-12-23(25)21-14-18(16-24)13-20(15-21)19-5-3-2-4-6-19/h2-15H,1H3/b12-9+. The van der Waals surface area contributed by atoms with Crippen molar-refractivity contribution in [2.45, 2.75) is 0 Å². The lowest BCUT2D eigenvalue weighted by Gasteiger charge is -2.05. The summed E-state index contributed by atoms with van der Waals surface area (Å²) < 4.78 is 5.12. The summed E-state index contributed by atoms with van der Waals surface area (Å²) in [6.07, 6.45) is 3.27. The lowest BCUT2D eigenvalue weighted by atomic mass is 9.98. The summed E-state index contributed by atoms with van der Waals surface area (Å²) in [5.74, 6) is 0.623. The summed E-state index contributed by atoms with van der Waals surface area (Å²) in [4.78, 5) is 12.6. The average molecular weight is 339 g/mol. The average Bonchev–Trinajstić information content (AvgIpc) is 2.72. The number of allylic oxidation sites excluding steroid dienone is 1. The van der Waals surface area contributed by atoms with E-state index < -0.39 is 0 Å². The Balaban J connectivity index is 1.89. The molecule has 3 rings (SSSR count). The van der Waals surface area contributed by atoms with Gasteiger partial charge >= 0.3 is 0 Å². The highest BCUT2D eigenvalue weighted by Gasteiger charge is 2.08. The summed E-state index contributed by atoms with van der Waals surface area (Å²) >= 11 is 0. The molecule has 0 saturated carbocycles. The fourth-order valence-corrected chi connectivity index (χ4v) is 2.61. The third-order valence-corrected chi connectivity index (χ3v) is 4.00.